The molecule has 2 atom stereocenters. The van der Waals surface area contributed by atoms with Gasteiger partial charge in [0.2, 0.25) is 5.91 Å². The molecule has 7 nitrogen and oxygen atoms in total. The molecule has 7 heteroatoms. The van der Waals surface area contributed by atoms with Crippen molar-refractivity contribution >= 4 is 12.0 Å². The number of piperidine rings is 1. The number of methoxy groups -OCH3 is 1. The second-order valence-corrected chi connectivity index (χ2v) is 7.37. The van der Waals surface area contributed by atoms with E-state index in [2.05, 4.69) is 10.2 Å². The maximum Gasteiger partial charge on any atom is 0.409 e. The number of carbonyl (C=O) groups is 2. The highest BCUT2D eigenvalue weighted by atomic mass is 16.6. The first kappa shape index (κ1) is 21.0. The Bertz CT molecular complexity index is 452. The van der Waals surface area contributed by atoms with Gasteiger partial charge in [-0.05, 0) is 59.0 Å². The first-order chi connectivity index (χ1) is 12.5. The monoisotopic (exact) mass is 369 g/mol. The standard InChI is InChI=1S/C19H35N3O4/c1-4-26-19(24)22-10-5-6-17(9-13-22)21-11-7-16(8-12-21)18(23)20-14-15(2)25-3/h15-17H,4-14H2,1-3H3,(H,20,23). The van der Waals surface area contributed by atoms with E-state index in [-0.39, 0.29) is 24.0 Å². The molecule has 1 N–H and O–H groups in total. The van der Waals surface area contributed by atoms with Gasteiger partial charge in [-0.1, -0.05) is 0 Å². The summed E-state index contributed by atoms with van der Waals surface area (Å²) in [4.78, 5) is 28.6. The van der Waals surface area contributed by atoms with E-state index >= 15 is 0 Å². The molecule has 0 saturated carbocycles. The highest BCUT2D eigenvalue weighted by molar-refractivity contribution is 5.78. The van der Waals surface area contributed by atoms with Gasteiger partial charge in [0.15, 0.2) is 0 Å². The van der Waals surface area contributed by atoms with Crippen molar-refractivity contribution in [2.75, 3.05) is 46.4 Å². The summed E-state index contributed by atoms with van der Waals surface area (Å²) in [6.07, 6.45) is 4.79. The molecule has 0 bridgehead atoms. The highest BCUT2D eigenvalue weighted by Gasteiger charge is 2.30. The molecule has 2 heterocycles. The van der Waals surface area contributed by atoms with Gasteiger partial charge in [0.05, 0.1) is 12.7 Å². The lowest BCUT2D eigenvalue weighted by Crippen LogP contribution is -2.46. The average molecular weight is 370 g/mol. The summed E-state index contributed by atoms with van der Waals surface area (Å²) in [6, 6.07) is 0.506. The van der Waals surface area contributed by atoms with Gasteiger partial charge in [0, 0.05) is 38.7 Å². The Morgan fingerprint density at radius 3 is 2.50 bits per heavy atom. The molecular weight excluding hydrogens is 334 g/mol. The van der Waals surface area contributed by atoms with Crippen LogP contribution in [0.3, 0.4) is 0 Å². The summed E-state index contributed by atoms with van der Waals surface area (Å²) in [6.45, 7) is 8.26. The van der Waals surface area contributed by atoms with Gasteiger partial charge in [-0.3, -0.25) is 4.79 Å². The van der Waals surface area contributed by atoms with Crippen LogP contribution >= 0.6 is 0 Å². The predicted molar refractivity (Wildman–Crippen MR) is 100 cm³/mol. The molecular formula is C19H35N3O4. The zero-order valence-corrected chi connectivity index (χ0v) is 16.5. The fourth-order valence-corrected chi connectivity index (χ4v) is 3.84. The zero-order valence-electron chi connectivity index (χ0n) is 16.5. The largest absolute Gasteiger partial charge is 0.450 e. The van der Waals surface area contributed by atoms with Crippen molar-refractivity contribution in [2.24, 2.45) is 5.92 Å². The molecule has 0 aliphatic carbocycles. The molecule has 2 unspecified atom stereocenters. The summed E-state index contributed by atoms with van der Waals surface area (Å²) in [5, 5.41) is 3.00. The fraction of sp³-hybridized carbons (Fsp3) is 0.895. The Hall–Kier alpha value is -1.34. The number of hydrogen-bond donors (Lipinski definition) is 1. The molecule has 0 aromatic heterocycles. The van der Waals surface area contributed by atoms with Crippen molar-refractivity contribution < 1.29 is 19.1 Å². The van der Waals surface area contributed by atoms with E-state index < -0.39 is 0 Å². The number of carbonyl (C=O) groups excluding carboxylic acids is 2. The van der Waals surface area contributed by atoms with Gasteiger partial charge in [0.1, 0.15) is 0 Å². The summed E-state index contributed by atoms with van der Waals surface area (Å²) >= 11 is 0. The molecule has 0 spiro atoms. The Kier molecular flexibility index (Phi) is 8.65. The second kappa shape index (κ2) is 10.7. The molecule has 150 valence electrons. The van der Waals surface area contributed by atoms with Gasteiger partial charge >= 0.3 is 6.09 Å². The first-order valence-electron chi connectivity index (χ1n) is 10.0. The SMILES string of the molecule is CCOC(=O)N1CCCC(N2CCC(C(=O)NCC(C)OC)CC2)CC1. The van der Waals surface area contributed by atoms with Gasteiger partial charge < -0.3 is 24.6 Å². The van der Waals surface area contributed by atoms with Crippen LogP contribution in [-0.2, 0) is 14.3 Å². The smallest absolute Gasteiger partial charge is 0.409 e. The van der Waals surface area contributed by atoms with Gasteiger partial charge in [0.25, 0.3) is 0 Å². The van der Waals surface area contributed by atoms with Crippen LogP contribution in [0, 0.1) is 5.92 Å². The first-order valence-corrected chi connectivity index (χ1v) is 10.0. The maximum absolute atomic E-state index is 12.3. The zero-order chi connectivity index (χ0) is 18.9. The number of ether oxygens (including phenoxy) is 2. The highest BCUT2D eigenvalue weighted by Crippen LogP contribution is 2.24. The van der Waals surface area contributed by atoms with Crippen molar-refractivity contribution in [1.29, 1.82) is 0 Å². The van der Waals surface area contributed by atoms with Crippen LogP contribution in [0.1, 0.15) is 46.0 Å². The van der Waals surface area contributed by atoms with Gasteiger partial charge in [-0.25, -0.2) is 4.79 Å². The number of nitrogens with one attached hydrogen (secondary N) is 1. The van der Waals surface area contributed by atoms with E-state index in [9.17, 15) is 9.59 Å². The van der Waals surface area contributed by atoms with Crippen LogP contribution in [0.5, 0.6) is 0 Å². The fourth-order valence-electron chi connectivity index (χ4n) is 3.84. The molecule has 2 amide bonds. The molecule has 26 heavy (non-hydrogen) atoms. The summed E-state index contributed by atoms with van der Waals surface area (Å²) < 4.78 is 10.3. The van der Waals surface area contributed by atoms with E-state index in [4.69, 9.17) is 9.47 Å². The lowest BCUT2D eigenvalue weighted by atomic mass is 9.93. The third-order valence-corrected chi connectivity index (χ3v) is 5.61. The minimum absolute atomic E-state index is 0.0485. The van der Waals surface area contributed by atoms with E-state index in [1.54, 1.807) is 7.11 Å². The lowest BCUT2D eigenvalue weighted by molar-refractivity contribution is -0.127. The van der Waals surface area contributed by atoms with Crippen molar-refractivity contribution in [3.63, 3.8) is 0 Å². The maximum atomic E-state index is 12.3. The normalized spacial score (nSPS) is 24.0. The van der Waals surface area contributed by atoms with E-state index in [1.165, 1.54) is 0 Å². The van der Waals surface area contributed by atoms with Crippen LogP contribution in [0.15, 0.2) is 0 Å². The molecule has 2 aliphatic rings. The van der Waals surface area contributed by atoms with E-state index in [0.717, 1.165) is 58.3 Å². The Balaban J connectivity index is 1.74. The second-order valence-electron chi connectivity index (χ2n) is 7.37. The molecule has 0 aromatic carbocycles. The van der Waals surface area contributed by atoms with Crippen molar-refractivity contribution in [1.82, 2.24) is 15.1 Å². The Morgan fingerprint density at radius 1 is 1.12 bits per heavy atom. The molecule has 0 aromatic rings. The van der Waals surface area contributed by atoms with Crippen LogP contribution in [0.4, 0.5) is 4.79 Å². The lowest BCUT2D eigenvalue weighted by Gasteiger charge is -2.37. The van der Waals surface area contributed by atoms with Crippen molar-refractivity contribution in [3.05, 3.63) is 0 Å². The van der Waals surface area contributed by atoms with Crippen LogP contribution in [0.2, 0.25) is 0 Å². The quantitative estimate of drug-likeness (QED) is 0.774. The molecule has 2 aliphatic heterocycles. The average Bonchev–Trinajstić information content (AvgIpc) is 2.92. The van der Waals surface area contributed by atoms with Crippen molar-refractivity contribution in [2.45, 2.75) is 58.1 Å². The minimum Gasteiger partial charge on any atom is -0.450 e. The number of likely N-dealkylation sites (tertiary alicyclic amines) is 2. The van der Waals surface area contributed by atoms with Crippen LogP contribution < -0.4 is 5.32 Å². The number of nitrogens with zero attached hydrogens (tertiary/aromatic N) is 2. The predicted octanol–water partition coefficient (Wildman–Crippen LogP) is 1.86. The summed E-state index contributed by atoms with van der Waals surface area (Å²) in [5.74, 6) is 0.264. The number of rotatable bonds is 6. The number of hydrogen-bond acceptors (Lipinski definition) is 5. The van der Waals surface area contributed by atoms with Crippen LogP contribution in [0.25, 0.3) is 0 Å². The third-order valence-electron chi connectivity index (χ3n) is 5.61. The molecule has 2 fully saturated rings. The van der Waals surface area contributed by atoms with Gasteiger partial charge in [-0.15, -0.1) is 0 Å². The number of amides is 2. The van der Waals surface area contributed by atoms with Crippen molar-refractivity contribution in [3.8, 4) is 0 Å². The summed E-state index contributed by atoms with van der Waals surface area (Å²) in [5.41, 5.74) is 0. The van der Waals surface area contributed by atoms with Crippen LogP contribution in [-0.4, -0.2) is 80.4 Å². The van der Waals surface area contributed by atoms with E-state index in [1.807, 2.05) is 18.7 Å². The Labute approximate surface area is 157 Å². The third kappa shape index (κ3) is 6.13. The Morgan fingerprint density at radius 2 is 1.85 bits per heavy atom. The molecule has 0 radical (unpaired) electrons. The topological polar surface area (TPSA) is 71.1 Å². The summed E-state index contributed by atoms with van der Waals surface area (Å²) in [7, 11) is 1.66. The molecule has 2 saturated heterocycles. The molecule has 2 rings (SSSR count). The van der Waals surface area contributed by atoms with Gasteiger partial charge in [-0.2, -0.15) is 0 Å². The minimum atomic E-state index is -0.186. The van der Waals surface area contributed by atoms with E-state index in [0.29, 0.717) is 19.2 Å².